The van der Waals surface area contributed by atoms with Gasteiger partial charge in [0, 0.05) is 0 Å². The quantitative estimate of drug-likeness (QED) is 0.531. The Labute approximate surface area is 164 Å². The van der Waals surface area contributed by atoms with Crippen LogP contribution in [0.15, 0.2) is 30.3 Å². The van der Waals surface area contributed by atoms with Gasteiger partial charge in [-0.2, -0.15) is 11.8 Å². The molecule has 0 unspecified atom stereocenters. The standard InChI is InChI=1S/C19H28N2O5S/c1-13(2)11-16(17(22)20-15(18(23)24)9-10-27-3)21-19(25)26-12-14-7-5-4-6-8-14/h4-8,13,15-16H,9-12H2,1-3H3,(H,20,22)(H,21,25)(H,23,24)/t15-,16-/m0/s1. The molecule has 0 bridgehead atoms. The first-order valence-corrected chi connectivity index (χ1v) is 10.2. The molecule has 1 aromatic carbocycles. The van der Waals surface area contributed by atoms with Gasteiger partial charge in [-0.15, -0.1) is 0 Å². The number of benzene rings is 1. The Morgan fingerprint density at radius 2 is 1.78 bits per heavy atom. The molecule has 0 saturated heterocycles. The van der Waals surface area contributed by atoms with Gasteiger partial charge in [0.2, 0.25) is 5.91 Å². The van der Waals surface area contributed by atoms with Gasteiger partial charge in [-0.05, 0) is 36.3 Å². The lowest BCUT2D eigenvalue weighted by Crippen LogP contribution is -2.52. The molecule has 150 valence electrons. The van der Waals surface area contributed by atoms with Crippen molar-refractivity contribution >= 4 is 29.7 Å². The number of rotatable bonds is 11. The number of amides is 2. The lowest BCUT2D eigenvalue weighted by Gasteiger charge is -2.22. The average Bonchev–Trinajstić information content (AvgIpc) is 2.63. The van der Waals surface area contributed by atoms with Crippen LogP contribution in [-0.4, -0.2) is 47.2 Å². The second-order valence-corrected chi connectivity index (χ2v) is 7.55. The van der Waals surface area contributed by atoms with Gasteiger partial charge >= 0.3 is 12.1 Å². The van der Waals surface area contributed by atoms with E-state index in [4.69, 9.17) is 4.74 Å². The second kappa shape index (κ2) is 12.2. The molecule has 0 heterocycles. The van der Waals surface area contributed by atoms with Crippen LogP contribution in [0.5, 0.6) is 0 Å². The maximum Gasteiger partial charge on any atom is 0.408 e. The summed E-state index contributed by atoms with van der Waals surface area (Å²) >= 11 is 1.50. The topological polar surface area (TPSA) is 105 Å². The van der Waals surface area contributed by atoms with Crippen molar-refractivity contribution in [3.05, 3.63) is 35.9 Å². The Balaban J connectivity index is 2.65. The molecule has 0 radical (unpaired) electrons. The van der Waals surface area contributed by atoms with E-state index in [-0.39, 0.29) is 12.5 Å². The van der Waals surface area contributed by atoms with Gasteiger partial charge in [-0.25, -0.2) is 9.59 Å². The number of carbonyl (C=O) groups is 3. The van der Waals surface area contributed by atoms with Crippen molar-refractivity contribution in [2.75, 3.05) is 12.0 Å². The lowest BCUT2D eigenvalue weighted by molar-refractivity contribution is -0.142. The van der Waals surface area contributed by atoms with Gasteiger partial charge in [0.05, 0.1) is 0 Å². The third kappa shape index (κ3) is 9.33. The minimum atomic E-state index is -1.09. The normalized spacial score (nSPS) is 12.9. The van der Waals surface area contributed by atoms with Crippen molar-refractivity contribution in [2.45, 2.75) is 45.4 Å². The number of ether oxygens (including phenoxy) is 1. The zero-order valence-electron chi connectivity index (χ0n) is 15.9. The highest BCUT2D eigenvalue weighted by molar-refractivity contribution is 7.98. The van der Waals surface area contributed by atoms with Gasteiger partial charge in [0.1, 0.15) is 18.7 Å². The summed E-state index contributed by atoms with van der Waals surface area (Å²) < 4.78 is 5.16. The Hall–Kier alpha value is -2.22. The number of alkyl carbamates (subject to hydrolysis) is 1. The molecule has 0 aromatic heterocycles. The fraction of sp³-hybridized carbons (Fsp3) is 0.526. The van der Waals surface area contributed by atoms with Crippen molar-refractivity contribution in [3.8, 4) is 0 Å². The number of hydrogen-bond acceptors (Lipinski definition) is 5. The van der Waals surface area contributed by atoms with Crippen LogP contribution in [0.25, 0.3) is 0 Å². The molecular weight excluding hydrogens is 368 g/mol. The number of aliphatic carboxylic acids is 1. The number of carboxylic acid groups (broad SMARTS) is 1. The molecule has 1 rings (SSSR count). The number of carboxylic acids is 1. The van der Waals surface area contributed by atoms with E-state index in [9.17, 15) is 19.5 Å². The fourth-order valence-electron chi connectivity index (χ4n) is 2.38. The molecule has 1 aromatic rings. The molecule has 2 atom stereocenters. The van der Waals surface area contributed by atoms with E-state index in [1.807, 2.05) is 50.4 Å². The summed E-state index contributed by atoms with van der Waals surface area (Å²) in [5.41, 5.74) is 0.834. The van der Waals surface area contributed by atoms with E-state index in [1.54, 1.807) is 0 Å². The third-order valence-corrected chi connectivity index (χ3v) is 4.40. The number of thioether (sulfide) groups is 1. The van der Waals surface area contributed by atoms with E-state index >= 15 is 0 Å². The first-order valence-electron chi connectivity index (χ1n) is 8.82. The molecule has 0 aliphatic rings. The predicted molar refractivity (Wildman–Crippen MR) is 106 cm³/mol. The highest BCUT2D eigenvalue weighted by Crippen LogP contribution is 2.08. The first kappa shape index (κ1) is 22.8. The Bertz CT molecular complexity index is 609. The summed E-state index contributed by atoms with van der Waals surface area (Å²) in [6.07, 6.45) is 1.85. The minimum Gasteiger partial charge on any atom is -0.480 e. The minimum absolute atomic E-state index is 0.0914. The Morgan fingerprint density at radius 1 is 1.11 bits per heavy atom. The van der Waals surface area contributed by atoms with Gasteiger partial charge in [0.15, 0.2) is 0 Å². The zero-order valence-corrected chi connectivity index (χ0v) is 16.8. The molecular formula is C19H28N2O5S. The number of nitrogens with one attached hydrogen (secondary N) is 2. The first-order chi connectivity index (χ1) is 12.8. The zero-order chi connectivity index (χ0) is 20.2. The highest BCUT2D eigenvalue weighted by Gasteiger charge is 2.27. The Morgan fingerprint density at radius 3 is 2.33 bits per heavy atom. The SMILES string of the molecule is CSCC[C@H](NC(=O)[C@H](CC(C)C)NC(=O)OCc1ccccc1)C(=O)O. The fourth-order valence-corrected chi connectivity index (χ4v) is 2.85. The van der Waals surface area contributed by atoms with Crippen molar-refractivity contribution in [1.82, 2.24) is 10.6 Å². The van der Waals surface area contributed by atoms with Crippen LogP contribution in [0, 0.1) is 5.92 Å². The van der Waals surface area contributed by atoms with Crippen LogP contribution in [0.1, 0.15) is 32.3 Å². The summed E-state index contributed by atoms with van der Waals surface area (Å²) in [6.45, 7) is 3.92. The summed E-state index contributed by atoms with van der Waals surface area (Å²) in [7, 11) is 0. The molecule has 2 amide bonds. The maximum absolute atomic E-state index is 12.5. The van der Waals surface area contributed by atoms with Crippen molar-refractivity contribution in [1.29, 1.82) is 0 Å². The molecule has 0 aliphatic carbocycles. The summed E-state index contributed by atoms with van der Waals surface area (Å²) in [5.74, 6) is -0.871. The van der Waals surface area contributed by atoms with Crippen molar-refractivity contribution in [3.63, 3.8) is 0 Å². The molecule has 7 nitrogen and oxygen atoms in total. The molecule has 3 N–H and O–H groups in total. The van der Waals surface area contributed by atoms with Crippen molar-refractivity contribution in [2.24, 2.45) is 5.92 Å². The van der Waals surface area contributed by atoms with Gasteiger partial charge in [-0.3, -0.25) is 4.79 Å². The molecule has 27 heavy (non-hydrogen) atoms. The van der Waals surface area contributed by atoms with E-state index < -0.39 is 30.1 Å². The van der Waals surface area contributed by atoms with Gasteiger partial charge in [0.25, 0.3) is 0 Å². The number of carbonyl (C=O) groups excluding carboxylic acids is 2. The summed E-state index contributed by atoms with van der Waals surface area (Å²) in [6, 6.07) is 7.36. The molecule has 8 heteroatoms. The van der Waals surface area contributed by atoms with Crippen molar-refractivity contribution < 1.29 is 24.2 Å². The van der Waals surface area contributed by atoms with Crippen LogP contribution < -0.4 is 10.6 Å². The monoisotopic (exact) mass is 396 g/mol. The van der Waals surface area contributed by atoms with Crippen LogP contribution in [0.3, 0.4) is 0 Å². The molecule has 0 spiro atoms. The molecule has 0 fully saturated rings. The van der Waals surface area contributed by atoms with E-state index in [2.05, 4.69) is 10.6 Å². The van der Waals surface area contributed by atoms with Crippen LogP contribution in [-0.2, 0) is 20.9 Å². The Kier molecular flexibility index (Phi) is 10.3. The van der Waals surface area contributed by atoms with Crippen LogP contribution >= 0.6 is 11.8 Å². The largest absolute Gasteiger partial charge is 0.480 e. The predicted octanol–water partition coefficient (Wildman–Crippen LogP) is 2.65. The van der Waals surface area contributed by atoms with E-state index in [1.165, 1.54) is 11.8 Å². The number of hydrogen-bond donors (Lipinski definition) is 3. The average molecular weight is 397 g/mol. The van der Waals surface area contributed by atoms with Crippen LogP contribution in [0.2, 0.25) is 0 Å². The second-order valence-electron chi connectivity index (χ2n) is 6.57. The van der Waals surface area contributed by atoms with E-state index in [0.717, 1.165) is 5.56 Å². The summed E-state index contributed by atoms with van der Waals surface area (Å²) in [5, 5.41) is 14.3. The van der Waals surface area contributed by atoms with Gasteiger partial charge in [-0.1, -0.05) is 44.2 Å². The summed E-state index contributed by atoms with van der Waals surface area (Å²) in [4.78, 5) is 35.9. The van der Waals surface area contributed by atoms with Crippen LogP contribution in [0.4, 0.5) is 4.79 Å². The van der Waals surface area contributed by atoms with E-state index in [0.29, 0.717) is 18.6 Å². The molecule has 0 saturated carbocycles. The lowest BCUT2D eigenvalue weighted by atomic mass is 10.0. The highest BCUT2D eigenvalue weighted by atomic mass is 32.2. The van der Waals surface area contributed by atoms with Gasteiger partial charge < -0.3 is 20.5 Å². The third-order valence-electron chi connectivity index (χ3n) is 3.75. The smallest absolute Gasteiger partial charge is 0.408 e. The maximum atomic E-state index is 12.5. The molecule has 0 aliphatic heterocycles.